The number of unbranched alkanes of at least 4 members (excludes halogenated alkanes) is 8. The van der Waals surface area contributed by atoms with E-state index in [2.05, 4.69) is 46.4 Å². The van der Waals surface area contributed by atoms with Gasteiger partial charge >= 0.3 is 18.3 Å². The van der Waals surface area contributed by atoms with Crippen molar-refractivity contribution in [3.05, 3.63) is 233 Å². The number of carbonyl (C=O) groups is 12. The van der Waals surface area contributed by atoms with E-state index in [0.29, 0.717) is 117 Å². The molecule has 29 nitrogen and oxygen atoms in total. The number of pyridine rings is 2. The molecule has 0 aliphatic carbocycles. The van der Waals surface area contributed by atoms with Gasteiger partial charge in [0.2, 0.25) is 34.7 Å². The minimum Gasteiger partial charge on any atom is -0.478 e. The molecule has 4 fully saturated rings. The molecule has 6 aliphatic rings. The Labute approximate surface area is 747 Å². The number of amides is 11. The second-order valence-corrected chi connectivity index (χ2v) is 33.5. The number of piperazine rings is 2. The number of nitrogens with two attached hydrogens (primary N) is 1. The first-order valence-corrected chi connectivity index (χ1v) is 43.2. The molecule has 10 N–H and O–H groups in total. The minimum absolute atomic E-state index is 0.0265. The molecule has 11 amide bonds. The maximum Gasteiger partial charge on any atom is 0.417 e. The normalized spacial score (nSPS) is 18.9. The Morgan fingerprint density at radius 3 is 1.24 bits per heavy atom. The summed E-state index contributed by atoms with van der Waals surface area (Å²) in [4.78, 5) is 189. The van der Waals surface area contributed by atoms with Gasteiger partial charge in [0.1, 0.15) is 23.7 Å². The highest BCUT2D eigenvalue weighted by molar-refractivity contribution is 6.25. The zero-order valence-corrected chi connectivity index (χ0v) is 72.7. The number of carboxylic acids is 1. The molecule has 2 aromatic heterocycles. The average molecular weight is 1820 g/mol. The lowest BCUT2D eigenvalue weighted by atomic mass is 9.97. The van der Waals surface area contributed by atoms with Gasteiger partial charge in [-0.3, -0.25) is 92.6 Å². The number of H-pyrrole nitrogens is 2. The molecule has 8 aromatic rings. The van der Waals surface area contributed by atoms with Crippen LogP contribution in [0.4, 0.5) is 57.9 Å². The number of carbonyl (C=O) groups excluding carboxylic acids is 11. The second-order valence-electron chi connectivity index (χ2n) is 33.5. The number of nitrogens with zero attached hydrogens (tertiary/aromatic N) is 6. The van der Waals surface area contributed by atoms with Crippen molar-refractivity contribution < 1.29 is 97.8 Å². The lowest BCUT2D eigenvalue weighted by molar-refractivity contribution is -0.138. The predicted molar refractivity (Wildman–Crippen MR) is 470 cm³/mol. The molecule has 6 atom stereocenters. The SMILES string of the molecule is C[C@@H]1CN(c2ccc(-c3cc(C(=O)NCCCCCCCc4cccc5c4C(=O)N(C4CCC(=O)NC4=O)C5=O)ccc3F)cc2NC(=O)c2c[nH]c(=O)cc2C(F)(F)F)C[C@H](C)N1C.C[C@@H]1CN(c2ccc(-c3cc(C(=O)O)ccc3F)cc2NC(=O)c2c[nH]c(=O)cc2C(F)(F)F)C[C@H](C)N1C.NCCCCCCCc1cccc2c1C(=O)N(C1CCC(=O)NC1=O)C2=O. The molecular formula is C94H100F8N14O15. The standard InChI is InChI=1S/C47H49F4N7O7.C27H26F4N4O4.C20H25N3O4/c1-26-24-57(25-27(2)56(26)3)37-16-14-29(21-36(37)54-43(62)33-23-53-40(60)22-34(33)47(49,50)51)32-20-30(13-15-35(32)48)42(61)52-19-8-6-4-5-7-10-28-11-9-12-31-41(28)46(65)58(45(31)64)38-17-18-39(59)55-44(38)63;1-14-12-35(13-15(2)34(14)3)23-7-5-16(18-8-17(26(38)39)4-6-21(18)28)9-22(23)33-25(37)19-11-32-24(36)10-20(19)27(29,30)31;21-12-5-3-1-2-4-7-13-8-6-9-14-17(13)20(27)23(19(14)26)15-10-11-16(24)22-18(15)25/h9,11-16,20-23,26-27,38H,4-8,10,17-19,24-25H2,1-3H3,(H,52,61)(H,53,60)(H,54,62)(H,55,59,63);4-11,14-15H,12-13H2,1-3H3,(H,32,36)(H,33,37)(H,38,39);6,8-9,15H,1-5,7,10-12,21H2,(H,22,24,25)/t26-,27+,38?;14-,15+;. The van der Waals surface area contributed by atoms with Crippen LogP contribution >= 0.6 is 0 Å². The summed E-state index contributed by atoms with van der Waals surface area (Å²) in [6, 6.07) is 25.8. The van der Waals surface area contributed by atoms with Crippen molar-refractivity contribution in [2.45, 2.75) is 179 Å². The number of carboxylic acid groups (broad SMARTS) is 1. The molecule has 37 heteroatoms. The number of aromatic nitrogens is 2. The van der Waals surface area contributed by atoms with Crippen LogP contribution in [-0.4, -0.2) is 195 Å². The Morgan fingerprint density at radius 1 is 0.458 bits per heavy atom. The van der Waals surface area contributed by atoms with Crippen LogP contribution in [0.5, 0.6) is 0 Å². The van der Waals surface area contributed by atoms with E-state index >= 15 is 4.39 Å². The van der Waals surface area contributed by atoms with Crippen LogP contribution in [0, 0.1) is 11.6 Å². The van der Waals surface area contributed by atoms with Gasteiger partial charge in [-0.1, -0.05) is 74.9 Å². The molecule has 0 spiro atoms. The van der Waals surface area contributed by atoms with Gasteiger partial charge in [-0.15, -0.1) is 0 Å². The van der Waals surface area contributed by atoms with E-state index < -0.39 is 134 Å². The highest BCUT2D eigenvalue weighted by atomic mass is 19.4. The lowest BCUT2D eigenvalue weighted by Gasteiger charge is -2.44. The van der Waals surface area contributed by atoms with E-state index in [9.17, 15) is 103 Å². The number of benzene rings is 6. The first kappa shape index (κ1) is 96.7. The van der Waals surface area contributed by atoms with Crippen molar-refractivity contribution in [2.24, 2.45) is 5.73 Å². The molecule has 2 unspecified atom stereocenters. The molecule has 8 heterocycles. The van der Waals surface area contributed by atoms with Gasteiger partial charge in [0, 0.05) is 111 Å². The number of halogens is 8. The first-order valence-electron chi connectivity index (χ1n) is 43.2. The molecule has 6 aliphatic heterocycles. The van der Waals surface area contributed by atoms with Gasteiger partial charge in [-0.05, 0) is 195 Å². The Bertz CT molecular complexity index is 5900. The monoisotopic (exact) mass is 1820 g/mol. The summed E-state index contributed by atoms with van der Waals surface area (Å²) >= 11 is 0. The first-order chi connectivity index (χ1) is 62.2. The van der Waals surface area contributed by atoms with Crippen molar-refractivity contribution in [3.8, 4) is 22.3 Å². The summed E-state index contributed by atoms with van der Waals surface area (Å²) in [5, 5.41) is 21.7. The van der Waals surface area contributed by atoms with Crippen LogP contribution in [0.2, 0.25) is 0 Å². The summed E-state index contributed by atoms with van der Waals surface area (Å²) in [5.74, 6) is -9.38. The summed E-state index contributed by atoms with van der Waals surface area (Å²) in [5.41, 5.74) is 3.54. The van der Waals surface area contributed by atoms with Gasteiger partial charge in [0.15, 0.2) is 0 Å². The highest BCUT2D eigenvalue weighted by Gasteiger charge is 2.48. The fourth-order valence-corrected chi connectivity index (χ4v) is 17.1. The van der Waals surface area contributed by atoms with Crippen LogP contribution in [-0.2, 0) is 44.4 Å². The number of imide groups is 4. The predicted octanol–water partition coefficient (Wildman–Crippen LogP) is 12.5. The third kappa shape index (κ3) is 22.4. The van der Waals surface area contributed by atoms with Gasteiger partial charge in [-0.2, -0.15) is 26.3 Å². The number of alkyl halides is 6. The number of aromatic amines is 2. The number of rotatable bonds is 27. The smallest absolute Gasteiger partial charge is 0.417 e. The van der Waals surface area contributed by atoms with E-state index in [1.807, 2.05) is 57.7 Å². The number of hydrogen-bond donors (Lipinski definition) is 9. The summed E-state index contributed by atoms with van der Waals surface area (Å²) in [6.45, 7) is 11.2. The van der Waals surface area contributed by atoms with E-state index in [-0.39, 0.29) is 106 Å². The molecule has 6 aromatic carbocycles. The van der Waals surface area contributed by atoms with Crippen LogP contribution < -0.4 is 53.2 Å². The van der Waals surface area contributed by atoms with Crippen LogP contribution in [0.25, 0.3) is 22.3 Å². The van der Waals surface area contributed by atoms with Gasteiger partial charge in [0.25, 0.3) is 41.4 Å². The molecule has 0 bridgehead atoms. The minimum atomic E-state index is -5.00. The van der Waals surface area contributed by atoms with Gasteiger partial charge < -0.3 is 46.6 Å². The van der Waals surface area contributed by atoms with E-state index in [1.165, 1.54) is 24.3 Å². The maximum atomic E-state index is 15.5. The third-order valence-electron chi connectivity index (χ3n) is 24.6. The zero-order chi connectivity index (χ0) is 94.8. The van der Waals surface area contributed by atoms with Crippen molar-refractivity contribution in [1.82, 2.24) is 45.5 Å². The Morgan fingerprint density at radius 2 is 0.847 bits per heavy atom. The number of fused-ring (bicyclic) bond motifs is 2. The second kappa shape index (κ2) is 41.6. The zero-order valence-electron chi connectivity index (χ0n) is 72.7. The Kier molecular flexibility index (Phi) is 30.7. The summed E-state index contributed by atoms with van der Waals surface area (Å²) < 4.78 is 113. The molecular weight excluding hydrogens is 1720 g/mol. The number of nitrogens with one attached hydrogen (secondary N) is 7. The maximum absolute atomic E-state index is 15.5. The topological polar surface area (TPSA) is 396 Å². The van der Waals surface area contributed by atoms with Crippen molar-refractivity contribution in [1.29, 1.82) is 0 Å². The largest absolute Gasteiger partial charge is 0.478 e. The number of hydrogen-bond acceptors (Lipinski definition) is 19. The van der Waals surface area contributed by atoms with Crippen molar-refractivity contribution in [3.63, 3.8) is 0 Å². The summed E-state index contributed by atoms with van der Waals surface area (Å²) in [6.07, 6.45) is 2.08. The van der Waals surface area contributed by atoms with Crippen LogP contribution in [0.15, 0.2) is 143 Å². The molecule has 692 valence electrons. The highest BCUT2D eigenvalue weighted by Crippen LogP contribution is 2.41. The summed E-state index contributed by atoms with van der Waals surface area (Å²) in [7, 11) is 3.96. The Hall–Kier alpha value is -13.4. The average Bonchev–Trinajstić information content (AvgIpc) is 1.57. The number of anilines is 4. The van der Waals surface area contributed by atoms with E-state index in [0.717, 1.165) is 97.4 Å². The molecule has 131 heavy (non-hydrogen) atoms. The van der Waals surface area contributed by atoms with E-state index in [4.69, 9.17) is 5.73 Å². The number of likely N-dealkylation sites (N-methyl/N-ethyl adjacent to an activating group) is 2. The fourth-order valence-electron chi connectivity index (χ4n) is 17.1. The quantitative estimate of drug-likeness (QED) is 0.0131. The number of aryl methyl sites for hydroxylation is 2. The number of aromatic carboxylic acids is 1. The lowest BCUT2D eigenvalue weighted by Crippen LogP contribution is -2.55. The fraction of sp³-hybridized carbons (Fsp3) is 0.383. The van der Waals surface area contributed by atoms with Crippen LogP contribution in [0.1, 0.15) is 223 Å². The van der Waals surface area contributed by atoms with Crippen molar-refractivity contribution in [2.75, 3.05) is 73.8 Å². The van der Waals surface area contributed by atoms with Gasteiger partial charge in [0.05, 0.1) is 72.8 Å². The third-order valence-corrected chi connectivity index (χ3v) is 24.6. The molecule has 4 saturated heterocycles. The number of piperidine rings is 2. The Balaban J connectivity index is 0.000000198. The van der Waals surface area contributed by atoms with Gasteiger partial charge in [-0.25, -0.2) is 13.6 Å². The molecule has 0 saturated carbocycles. The van der Waals surface area contributed by atoms with Crippen molar-refractivity contribution >= 4 is 93.7 Å². The molecule has 0 radical (unpaired) electrons. The molecule has 14 rings (SSSR count). The van der Waals surface area contributed by atoms with E-state index in [1.54, 1.807) is 54.6 Å². The van der Waals surface area contributed by atoms with Crippen LogP contribution in [0.3, 0.4) is 0 Å².